The molecule has 2 aliphatic rings. The number of thiazole rings is 1. The summed E-state index contributed by atoms with van der Waals surface area (Å²) >= 11 is 1.47. The summed E-state index contributed by atoms with van der Waals surface area (Å²) in [7, 11) is 0. The summed E-state index contributed by atoms with van der Waals surface area (Å²) in [6, 6.07) is 0. The number of hydrogen-bond acceptors (Lipinski definition) is 6. The Morgan fingerprint density at radius 1 is 1.31 bits per heavy atom. The highest BCUT2D eigenvalue weighted by Crippen LogP contribution is 2.28. The van der Waals surface area contributed by atoms with Gasteiger partial charge in [0, 0.05) is 25.0 Å². The molecule has 2 unspecified atom stereocenters. The van der Waals surface area contributed by atoms with Gasteiger partial charge in [-0.2, -0.15) is 0 Å². The van der Waals surface area contributed by atoms with Crippen LogP contribution in [0.15, 0.2) is 5.38 Å². The second-order valence-electron chi connectivity index (χ2n) is 7.27. The molecule has 2 atom stereocenters. The molecule has 0 radical (unpaired) electrons. The van der Waals surface area contributed by atoms with E-state index in [4.69, 9.17) is 10.5 Å². The quantitative estimate of drug-likeness (QED) is 0.775. The van der Waals surface area contributed by atoms with Crippen LogP contribution in [0, 0.1) is 0 Å². The van der Waals surface area contributed by atoms with Crippen molar-refractivity contribution in [2.75, 3.05) is 18.4 Å². The van der Waals surface area contributed by atoms with Gasteiger partial charge in [-0.3, -0.25) is 9.69 Å². The molecule has 3 N–H and O–H groups in total. The molecule has 1 saturated heterocycles. The van der Waals surface area contributed by atoms with Gasteiger partial charge >= 0.3 is 0 Å². The third-order valence-electron chi connectivity index (χ3n) is 4.85. The molecule has 1 aliphatic heterocycles. The van der Waals surface area contributed by atoms with Gasteiger partial charge in [-0.05, 0) is 26.7 Å². The van der Waals surface area contributed by atoms with Crippen LogP contribution in [-0.2, 0) is 16.1 Å². The molecule has 0 spiro atoms. The van der Waals surface area contributed by atoms with Gasteiger partial charge in [0.25, 0.3) is 0 Å². The Balaban J connectivity index is 0.00000169. The van der Waals surface area contributed by atoms with Gasteiger partial charge in [0.1, 0.15) is 0 Å². The van der Waals surface area contributed by atoms with Crippen LogP contribution < -0.4 is 11.1 Å². The molecule has 26 heavy (non-hydrogen) atoms. The molecule has 2 fully saturated rings. The maximum Gasteiger partial charge on any atom is 0.246 e. The van der Waals surface area contributed by atoms with Crippen molar-refractivity contribution in [2.45, 2.75) is 70.2 Å². The first-order valence-corrected chi connectivity index (χ1v) is 9.75. The number of nitrogens with two attached hydrogens (primary N) is 1. The van der Waals surface area contributed by atoms with Crippen molar-refractivity contribution in [3.8, 4) is 0 Å². The Labute approximate surface area is 172 Å². The van der Waals surface area contributed by atoms with E-state index in [1.165, 1.54) is 17.8 Å². The van der Waals surface area contributed by atoms with Crippen molar-refractivity contribution in [3.05, 3.63) is 11.1 Å². The lowest BCUT2D eigenvalue weighted by molar-refractivity contribution is -0.122. The Bertz CT molecular complexity index is 571. The van der Waals surface area contributed by atoms with Crippen LogP contribution in [0.1, 0.15) is 51.6 Å². The summed E-state index contributed by atoms with van der Waals surface area (Å²) in [6.45, 7) is 6.81. The summed E-state index contributed by atoms with van der Waals surface area (Å²) in [5.74, 6) is -0.0864. The summed E-state index contributed by atoms with van der Waals surface area (Å²) in [5, 5.41) is 5.60. The van der Waals surface area contributed by atoms with Crippen molar-refractivity contribution >= 4 is 47.2 Å². The van der Waals surface area contributed by atoms with E-state index < -0.39 is 5.54 Å². The van der Waals surface area contributed by atoms with E-state index in [1.54, 1.807) is 0 Å². The summed E-state index contributed by atoms with van der Waals surface area (Å²) in [5.41, 5.74) is 6.55. The fourth-order valence-corrected chi connectivity index (χ4v) is 4.41. The van der Waals surface area contributed by atoms with Gasteiger partial charge in [-0.15, -0.1) is 36.2 Å². The maximum atomic E-state index is 12.5. The Morgan fingerprint density at radius 3 is 2.54 bits per heavy atom. The summed E-state index contributed by atoms with van der Waals surface area (Å²) in [4.78, 5) is 19.4. The maximum absolute atomic E-state index is 12.5. The van der Waals surface area contributed by atoms with E-state index in [2.05, 4.69) is 29.0 Å². The van der Waals surface area contributed by atoms with Gasteiger partial charge < -0.3 is 15.8 Å². The van der Waals surface area contributed by atoms with E-state index in [1.807, 2.05) is 5.38 Å². The van der Waals surface area contributed by atoms with E-state index in [0.717, 1.165) is 51.0 Å². The predicted octanol–water partition coefficient (Wildman–Crippen LogP) is 3.20. The number of ether oxygens (including phenoxy) is 1. The lowest BCUT2D eigenvalue weighted by atomic mass is 9.82. The second-order valence-corrected chi connectivity index (χ2v) is 8.12. The smallest absolute Gasteiger partial charge is 0.246 e. The van der Waals surface area contributed by atoms with Crippen LogP contribution in [0.5, 0.6) is 0 Å². The summed E-state index contributed by atoms with van der Waals surface area (Å²) < 4.78 is 5.76. The molecule has 2 heterocycles. The molecule has 1 amide bonds. The fourth-order valence-electron chi connectivity index (χ4n) is 3.71. The number of anilines is 1. The number of hydrogen-bond donors (Lipinski definition) is 2. The number of carbonyl (C=O) groups is 1. The van der Waals surface area contributed by atoms with Crippen molar-refractivity contribution < 1.29 is 9.53 Å². The van der Waals surface area contributed by atoms with Crippen LogP contribution in [0.2, 0.25) is 0 Å². The van der Waals surface area contributed by atoms with E-state index >= 15 is 0 Å². The standard InChI is InChI=1S/C17H28N4O2S.2ClH/c1-12-8-21(9-13(2)23-12)10-14-11-24-16(19-14)20-15(22)17(18)6-4-3-5-7-17;;/h11-13H,3-10,18H2,1-2H3,(H,19,20,22);2*1H. The number of carbonyl (C=O) groups excluding carboxylic acids is 1. The molecule has 0 bridgehead atoms. The highest BCUT2D eigenvalue weighted by Gasteiger charge is 2.35. The zero-order chi connectivity index (χ0) is 17.2. The number of nitrogens with zero attached hydrogens (tertiary/aromatic N) is 2. The number of amides is 1. The van der Waals surface area contributed by atoms with Gasteiger partial charge in [0.15, 0.2) is 5.13 Å². The number of rotatable bonds is 4. The van der Waals surface area contributed by atoms with E-state index in [0.29, 0.717) is 5.13 Å². The molecule has 150 valence electrons. The molecule has 0 aromatic carbocycles. The predicted molar refractivity (Wildman–Crippen MR) is 111 cm³/mol. The van der Waals surface area contributed by atoms with Crippen LogP contribution in [-0.4, -0.2) is 46.6 Å². The Morgan fingerprint density at radius 2 is 1.92 bits per heavy atom. The van der Waals surface area contributed by atoms with Crippen LogP contribution in [0.3, 0.4) is 0 Å². The third-order valence-corrected chi connectivity index (χ3v) is 5.66. The second kappa shape index (κ2) is 10.2. The molecular weight excluding hydrogens is 395 g/mol. The molecule has 3 rings (SSSR count). The third kappa shape index (κ3) is 6.04. The average Bonchev–Trinajstić information content (AvgIpc) is 2.94. The van der Waals surface area contributed by atoms with Crippen LogP contribution in [0.4, 0.5) is 5.13 Å². The molecule has 1 aliphatic carbocycles. The lowest BCUT2D eigenvalue weighted by Gasteiger charge is -2.34. The van der Waals surface area contributed by atoms with E-state index in [-0.39, 0.29) is 42.9 Å². The zero-order valence-electron chi connectivity index (χ0n) is 15.4. The lowest BCUT2D eigenvalue weighted by Crippen LogP contribution is -2.52. The van der Waals surface area contributed by atoms with Crippen molar-refractivity contribution in [1.82, 2.24) is 9.88 Å². The average molecular weight is 425 g/mol. The Hall–Kier alpha value is -0.440. The first-order chi connectivity index (χ1) is 11.4. The highest BCUT2D eigenvalue weighted by atomic mass is 35.5. The molecule has 9 heteroatoms. The number of halogens is 2. The van der Waals surface area contributed by atoms with Crippen molar-refractivity contribution in [2.24, 2.45) is 5.73 Å². The van der Waals surface area contributed by atoms with Gasteiger partial charge in [-0.1, -0.05) is 19.3 Å². The van der Waals surface area contributed by atoms with Gasteiger partial charge in [0.05, 0.1) is 23.4 Å². The Kier molecular flexibility index (Phi) is 9.26. The fraction of sp³-hybridized carbons (Fsp3) is 0.765. The normalized spacial score (nSPS) is 25.7. The van der Waals surface area contributed by atoms with Gasteiger partial charge in [-0.25, -0.2) is 4.98 Å². The van der Waals surface area contributed by atoms with E-state index in [9.17, 15) is 4.79 Å². The largest absolute Gasteiger partial charge is 0.373 e. The van der Waals surface area contributed by atoms with Crippen LogP contribution in [0.25, 0.3) is 0 Å². The zero-order valence-corrected chi connectivity index (χ0v) is 17.9. The molecular formula is C17H30Cl2N4O2S. The number of morpholine rings is 1. The van der Waals surface area contributed by atoms with Crippen molar-refractivity contribution in [3.63, 3.8) is 0 Å². The molecule has 1 aromatic rings. The summed E-state index contributed by atoms with van der Waals surface area (Å²) in [6.07, 6.45) is 5.25. The number of nitrogens with one attached hydrogen (secondary N) is 1. The minimum atomic E-state index is -0.723. The number of aromatic nitrogens is 1. The van der Waals surface area contributed by atoms with Crippen LogP contribution >= 0.6 is 36.2 Å². The monoisotopic (exact) mass is 424 g/mol. The SMILES string of the molecule is CC1CN(Cc2csc(NC(=O)C3(N)CCCCC3)n2)CC(C)O1.Cl.Cl. The minimum absolute atomic E-state index is 0. The first-order valence-electron chi connectivity index (χ1n) is 8.87. The van der Waals surface area contributed by atoms with Crippen molar-refractivity contribution in [1.29, 1.82) is 0 Å². The highest BCUT2D eigenvalue weighted by molar-refractivity contribution is 7.13. The first kappa shape index (κ1) is 23.6. The minimum Gasteiger partial charge on any atom is -0.373 e. The van der Waals surface area contributed by atoms with Gasteiger partial charge in [0.2, 0.25) is 5.91 Å². The molecule has 1 aromatic heterocycles. The topological polar surface area (TPSA) is 80.5 Å². The molecule has 6 nitrogen and oxygen atoms in total. The molecule has 1 saturated carbocycles.